The molecule has 2 N–H and O–H groups in total. The zero-order valence-corrected chi connectivity index (χ0v) is 12.6. The summed E-state index contributed by atoms with van der Waals surface area (Å²) in [7, 11) is 0. The fraction of sp³-hybridized carbons (Fsp3) is 0.438. The second-order valence-corrected chi connectivity index (χ2v) is 5.40. The SMILES string of the molecule is Cc1cccc(C(=O)N[C@@H](CC(C)C)C(=O)NCC#N)c1. The topological polar surface area (TPSA) is 82.0 Å². The van der Waals surface area contributed by atoms with Crippen LogP contribution in [0.5, 0.6) is 0 Å². The van der Waals surface area contributed by atoms with Crippen molar-refractivity contribution in [2.45, 2.75) is 33.2 Å². The number of nitrogens with one attached hydrogen (secondary N) is 2. The molecule has 0 heterocycles. The molecule has 112 valence electrons. The second-order valence-electron chi connectivity index (χ2n) is 5.40. The van der Waals surface area contributed by atoms with E-state index in [2.05, 4.69) is 10.6 Å². The van der Waals surface area contributed by atoms with Crippen LogP contribution in [0.4, 0.5) is 0 Å². The number of benzene rings is 1. The van der Waals surface area contributed by atoms with E-state index in [1.165, 1.54) is 0 Å². The quantitative estimate of drug-likeness (QED) is 0.782. The number of carbonyl (C=O) groups excluding carboxylic acids is 2. The van der Waals surface area contributed by atoms with Crippen LogP contribution in [-0.4, -0.2) is 24.4 Å². The number of hydrogen-bond donors (Lipinski definition) is 2. The van der Waals surface area contributed by atoms with Gasteiger partial charge in [-0.15, -0.1) is 0 Å². The van der Waals surface area contributed by atoms with Crippen LogP contribution >= 0.6 is 0 Å². The standard InChI is InChI=1S/C16H21N3O2/c1-11(2)9-14(16(21)18-8-7-17)19-15(20)13-6-4-5-12(3)10-13/h4-6,10-11,14H,8-9H2,1-3H3,(H,18,21)(H,19,20)/t14-/m0/s1. The van der Waals surface area contributed by atoms with E-state index in [4.69, 9.17) is 5.26 Å². The molecule has 0 radical (unpaired) electrons. The summed E-state index contributed by atoms with van der Waals surface area (Å²) < 4.78 is 0. The average molecular weight is 287 g/mol. The normalized spacial score (nSPS) is 11.6. The number of hydrogen-bond acceptors (Lipinski definition) is 3. The summed E-state index contributed by atoms with van der Waals surface area (Å²) in [5.41, 5.74) is 1.51. The van der Waals surface area contributed by atoms with Gasteiger partial charge in [0.2, 0.25) is 5.91 Å². The lowest BCUT2D eigenvalue weighted by Crippen LogP contribution is -2.47. The van der Waals surface area contributed by atoms with Gasteiger partial charge < -0.3 is 10.6 Å². The van der Waals surface area contributed by atoms with Crippen LogP contribution in [0, 0.1) is 24.2 Å². The summed E-state index contributed by atoms with van der Waals surface area (Å²) in [6.07, 6.45) is 0.523. The Morgan fingerprint density at radius 2 is 2.05 bits per heavy atom. The number of nitriles is 1. The molecule has 2 amide bonds. The van der Waals surface area contributed by atoms with Crippen LogP contribution in [0.1, 0.15) is 36.2 Å². The van der Waals surface area contributed by atoms with Gasteiger partial charge in [0.15, 0.2) is 0 Å². The molecule has 0 bridgehead atoms. The van der Waals surface area contributed by atoms with Crippen molar-refractivity contribution in [2.24, 2.45) is 5.92 Å². The first-order chi connectivity index (χ1) is 9.93. The first-order valence-corrected chi connectivity index (χ1v) is 6.96. The summed E-state index contributed by atoms with van der Waals surface area (Å²) >= 11 is 0. The van der Waals surface area contributed by atoms with Gasteiger partial charge in [-0.25, -0.2) is 0 Å². The molecule has 0 saturated heterocycles. The monoisotopic (exact) mass is 287 g/mol. The van der Waals surface area contributed by atoms with Crippen LogP contribution in [0.3, 0.4) is 0 Å². The summed E-state index contributed by atoms with van der Waals surface area (Å²) in [4.78, 5) is 24.2. The van der Waals surface area contributed by atoms with Crippen LogP contribution in [0.15, 0.2) is 24.3 Å². The van der Waals surface area contributed by atoms with Gasteiger partial charge in [0.05, 0.1) is 6.07 Å². The molecule has 5 heteroatoms. The van der Waals surface area contributed by atoms with Crippen molar-refractivity contribution in [3.63, 3.8) is 0 Å². The third kappa shape index (κ3) is 5.65. The van der Waals surface area contributed by atoms with Gasteiger partial charge in [-0.2, -0.15) is 5.26 Å². The minimum absolute atomic E-state index is 0.0618. The molecule has 0 unspecified atom stereocenters. The highest BCUT2D eigenvalue weighted by molar-refractivity contribution is 5.97. The van der Waals surface area contributed by atoms with E-state index in [0.717, 1.165) is 5.56 Å². The zero-order chi connectivity index (χ0) is 15.8. The van der Waals surface area contributed by atoms with Crippen LogP contribution in [-0.2, 0) is 4.79 Å². The van der Waals surface area contributed by atoms with Gasteiger partial charge in [0, 0.05) is 5.56 Å². The van der Waals surface area contributed by atoms with E-state index in [0.29, 0.717) is 12.0 Å². The minimum atomic E-state index is -0.633. The van der Waals surface area contributed by atoms with E-state index < -0.39 is 6.04 Å². The van der Waals surface area contributed by atoms with Crippen LogP contribution < -0.4 is 10.6 Å². The first kappa shape index (κ1) is 16.7. The van der Waals surface area contributed by atoms with Gasteiger partial charge in [-0.05, 0) is 31.4 Å². The van der Waals surface area contributed by atoms with Crippen molar-refractivity contribution in [1.82, 2.24) is 10.6 Å². The molecule has 21 heavy (non-hydrogen) atoms. The minimum Gasteiger partial charge on any atom is -0.341 e. The van der Waals surface area contributed by atoms with Gasteiger partial charge in [0.1, 0.15) is 12.6 Å². The van der Waals surface area contributed by atoms with Crippen molar-refractivity contribution in [3.05, 3.63) is 35.4 Å². The number of carbonyl (C=O) groups is 2. The third-order valence-electron chi connectivity index (χ3n) is 2.95. The highest BCUT2D eigenvalue weighted by Crippen LogP contribution is 2.08. The van der Waals surface area contributed by atoms with E-state index >= 15 is 0 Å². The maximum atomic E-state index is 12.2. The number of aryl methyl sites for hydroxylation is 1. The predicted molar refractivity (Wildman–Crippen MR) is 80.5 cm³/mol. The Kier molecular flexibility index (Phi) is 6.41. The van der Waals surface area contributed by atoms with Crippen LogP contribution in [0.2, 0.25) is 0 Å². The zero-order valence-electron chi connectivity index (χ0n) is 12.6. The lowest BCUT2D eigenvalue weighted by molar-refractivity contribution is -0.123. The summed E-state index contributed by atoms with van der Waals surface area (Å²) in [6.45, 7) is 5.79. The fourth-order valence-electron chi connectivity index (χ4n) is 1.98. The van der Waals surface area contributed by atoms with Crippen molar-refractivity contribution in [1.29, 1.82) is 5.26 Å². The summed E-state index contributed by atoms with van der Waals surface area (Å²) in [5, 5.41) is 13.7. The van der Waals surface area contributed by atoms with Gasteiger partial charge >= 0.3 is 0 Å². The highest BCUT2D eigenvalue weighted by Gasteiger charge is 2.22. The molecule has 0 aliphatic carbocycles. The van der Waals surface area contributed by atoms with Crippen molar-refractivity contribution in [2.75, 3.05) is 6.54 Å². The van der Waals surface area contributed by atoms with Gasteiger partial charge in [-0.3, -0.25) is 9.59 Å². The molecule has 1 aromatic carbocycles. The Morgan fingerprint density at radius 3 is 2.62 bits per heavy atom. The molecule has 0 aliphatic rings. The summed E-state index contributed by atoms with van der Waals surface area (Å²) in [5.74, 6) is -0.358. The Morgan fingerprint density at radius 1 is 1.33 bits per heavy atom. The van der Waals surface area contributed by atoms with Crippen LogP contribution in [0.25, 0.3) is 0 Å². The van der Waals surface area contributed by atoms with Crippen molar-refractivity contribution < 1.29 is 9.59 Å². The molecule has 0 spiro atoms. The molecular formula is C16H21N3O2. The highest BCUT2D eigenvalue weighted by atomic mass is 16.2. The molecule has 0 aliphatic heterocycles. The maximum absolute atomic E-state index is 12.2. The summed E-state index contributed by atoms with van der Waals surface area (Å²) in [6, 6.07) is 8.41. The molecule has 1 rings (SSSR count). The lowest BCUT2D eigenvalue weighted by atomic mass is 10.0. The fourth-order valence-corrected chi connectivity index (χ4v) is 1.98. The molecular weight excluding hydrogens is 266 g/mol. The maximum Gasteiger partial charge on any atom is 0.251 e. The van der Waals surface area contributed by atoms with Crippen molar-refractivity contribution in [3.8, 4) is 6.07 Å². The molecule has 1 atom stereocenters. The Hall–Kier alpha value is -2.35. The molecule has 0 saturated carbocycles. The molecule has 5 nitrogen and oxygen atoms in total. The number of nitrogens with zero attached hydrogens (tertiary/aromatic N) is 1. The Balaban J connectivity index is 2.78. The average Bonchev–Trinajstić information content (AvgIpc) is 2.43. The van der Waals surface area contributed by atoms with E-state index in [1.54, 1.807) is 18.2 Å². The predicted octanol–water partition coefficient (Wildman–Crippen LogP) is 1.78. The van der Waals surface area contributed by atoms with Gasteiger partial charge in [-0.1, -0.05) is 31.5 Å². The molecule has 0 fully saturated rings. The number of amides is 2. The smallest absolute Gasteiger partial charge is 0.251 e. The molecule has 0 aromatic heterocycles. The van der Waals surface area contributed by atoms with E-state index in [-0.39, 0.29) is 24.3 Å². The van der Waals surface area contributed by atoms with Crippen molar-refractivity contribution >= 4 is 11.8 Å². The van der Waals surface area contributed by atoms with E-state index in [9.17, 15) is 9.59 Å². The number of rotatable bonds is 6. The largest absolute Gasteiger partial charge is 0.341 e. The third-order valence-corrected chi connectivity index (χ3v) is 2.95. The molecule has 1 aromatic rings. The van der Waals surface area contributed by atoms with Gasteiger partial charge in [0.25, 0.3) is 5.91 Å². The van der Waals surface area contributed by atoms with E-state index in [1.807, 2.05) is 32.9 Å². The first-order valence-electron chi connectivity index (χ1n) is 6.96. The Labute approximate surface area is 125 Å². The Bertz CT molecular complexity index is 547. The lowest BCUT2D eigenvalue weighted by Gasteiger charge is -2.19. The second kappa shape index (κ2) is 8.05.